The predicted molar refractivity (Wildman–Crippen MR) is 75.1 cm³/mol. The fraction of sp³-hybridized carbons (Fsp3) is 0.714. The standard InChI is InChI=1S/C14H25N3O/c1-6-7-15-14-16-11(4)9-13(17-14)18-12(5)8-10(2)3/h9-10,12H,6-8H2,1-5H3,(H,15,16,17). The van der Waals surface area contributed by atoms with E-state index in [9.17, 15) is 0 Å². The summed E-state index contributed by atoms with van der Waals surface area (Å²) in [5.41, 5.74) is 0.926. The molecule has 0 aliphatic carbocycles. The van der Waals surface area contributed by atoms with Crippen LogP contribution in [0, 0.1) is 12.8 Å². The Hall–Kier alpha value is -1.32. The number of hydrogen-bond donors (Lipinski definition) is 1. The third-order valence-electron chi connectivity index (χ3n) is 2.49. The molecule has 0 amide bonds. The molecule has 0 spiro atoms. The average molecular weight is 251 g/mol. The van der Waals surface area contributed by atoms with Gasteiger partial charge >= 0.3 is 0 Å². The van der Waals surface area contributed by atoms with Crippen molar-refractivity contribution in [1.29, 1.82) is 0 Å². The summed E-state index contributed by atoms with van der Waals surface area (Å²) in [6.45, 7) is 11.4. The van der Waals surface area contributed by atoms with Crippen LogP contribution >= 0.6 is 0 Å². The van der Waals surface area contributed by atoms with Crippen molar-refractivity contribution in [3.05, 3.63) is 11.8 Å². The number of aryl methyl sites for hydroxylation is 1. The van der Waals surface area contributed by atoms with E-state index in [-0.39, 0.29) is 6.10 Å². The van der Waals surface area contributed by atoms with Crippen LogP contribution < -0.4 is 10.1 Å². The largest absolute Gasteiger partial charge is 0.475 e. The van der Waals surface area contributed by atoms with E-state index in [1.54, 1.807) is 0 Å². The topological polar surface area (TPSA) is 47.0 Å². The number of aromatic nitrogens is 2. The maximum atomic E-state index is 5.84. The molecule has 0 radical (unpaired) electrons. The minimum absolute atomic E-state index is 0.179. The molecule has 0 saturated heterocycles. The molecule has 0 fully saturated rings. The SMILES string of the molecule is CCCNc1nc(C)cc(OC(C)CC(C)C)n1. The van der Waals surface area contributed by atoms with Gasteiger partial charge in [0.15, 0.2) is 0 Å². The summed E-state index contributed by atoms with van der Waals surface area (Å²) in [6.07, 6.45) is 2.26. The zero-order valence-electron chi connectivity index (χ0n) is 12.2. The molecule has 1 unspecified atom stereocenters. The molecule has 1 rings (SSSR count). The first-order valence-corrected chi connectivity index (χ1v) is 6.77. The Morgan fingerprint density at radius 1 is 1.28 bits per heavy atom. The summed E-state index contributed by atoms with van der Waals surface area (Å²) in [7, 11) is 0. The molecule has 0 aliphatic rings. The van der Waals surface area contributed by atoms with Crippen LogP contribution in [-0.2, 0) is 0 Å². The van der Waals surface area contributed by atoms with Gasteiger partial charge in [-0.25, -0.2) is 4.98 Å². The lowest BCUT2D eigenvalue weighted by molar-refractivity contribution is 0.185. The molecular weight excluding hydrogens is 226 g/mol. The van der Waals surface area contributed by atoms with Gasteiger partial charge in [-0.15, -0.1) is 0 Å². The molecular formula is C14H25N3O. The van der Waals surface area contributed by atoms with Crippen LogP contribution in [0.3, 0.4) is 0 Å². The van der Waals surface area contributed by atoms with Crippen LogP contribution in [0.15, 0.2) is 6.07 Å². The van der Waals surface area contributed by atoms with E-state index in [0.29, 0.717) is 17.7 Å². The maximum Gasteiger partial charge on any atom is 0.226 e. The van der Waals surface area contributed by atoms with E-state index in [2.05, 4.69) is 43.0 Å². The van der Waals surface area contributed by atoms with Gasteiger partial charge in [-0.3, -0.25) is 0 Å². The Labute approximate surface area is 110 Å². The molecule has 4 heteroatoms. The van der Waals surface area contributed by atoms with Gasteiger partial charge < -0.3 is 10.1 Å². The van der Waals surface area contributed by atoms with E-state index in [1.807, 2.05) is 13.0 Å². The number of nitrogens with zero attached hydrogens (tertiary/aromatic N) is 2. The van der Waals surface area contributed by atoms with Gasteiger partial charge in [-0.05, 0) is 32.6 Å². The van der Waals surface area contributed by atoms with Crippen molar-refractivity contribution in [1.82, 2.24) is 9.97 Å². The average Bonchev–Trinajstić information content (AvgIpc) is 2.24. The maximum absolute atomic E-state index is 5.84. The number of rotatable bonds is 7. The molecule has 1 aromatic rings. The Morgan fingerprint density at radius 3 is 2.61 bits per heavy atom. The first-order valence-electron chi connectivity index (χ1n) is 6.77. The van der Waals surface area contributed by atoms with Crippen molar-refractivity contribution in [2.45, 2.75) is 53.6 Å². The van der Waals surface area contributed by atoms with Crippen LogP contribution in [0.25, 0.3) is 0 Å². The lowest BCUT2D eigenvalue weighted by Crippen LogP contribution is -2.16. The quantitative estimate of drug-likeness (QED) is 0.806. The molecule has 4 nitrogen and oxygen atoms in total. The predicted octanol–water partition coefficient (Wildman–Crippen LogP) is 3.42. The van der Waals surface area contributed by atoms with Crippen molar-refractivity contribution in [2.24, 2.45) is 5.92 Å². The Morgan fingerprint density at radius 2 is 2.00 bits per heavy atom. The second-order valence-corrected chi connectivity index (χ2v) is 5.16. The van der Waals surface area contributed by atoms with Crippen LogP contribution in [-0.4, -0.2) is 22.6 Å². The third-order valence-corrected chi connectivity index (χ3v) is 2.49. The zero-order valence-corrected chi connectivity index (χ0v) is 12.2. The number of nitrogens with one attached hydrogen (secondary N) is 1. The molecule has 0 bridgehead atoms. The summed E-state index contributed by atoms with van der Waals surface area (Å²) in [5.74, 6) is 1.94. The van der Waals surface area contributed by atoms with Crippen LogP contribution in [0.2, 0.25) is 0 Å². The molecule has 102 valence electrons. The summed E-state index contributed by atoms with van der Waals surface area (Å²) in [6, 6.07) is 1.88. The van der Waals surface area contributed by atoms with Crippen molar-refractivity contribution in [2.75, 3.05) is 11.9 Å². The minimum atomic E-state index is 0.179. The number of ether oxygens (including phenoxy) is 1. The van der Waals surface area contributed by atoms with Gasteiger partial charge in [-0.1, -0.05) is 20.8 Å². The summed E-state index contributed by atoms with van der Waals surface area (Å²) < 4.78 is 5.84. The van der Waals surface area contributed by atoms with E-state index in [4.69, 9.17) is 4.74 Å². The van der Waals surface area contributed by atoms with Gasteiger partial charge in [0.2, 0.25) is 11.8 Å². The molecule has 1 N–H and O–H groups in total. The van der Waals surface area contributed by atoms with E-state index in [1.165, 1.54) is 0 Å². The summed E-state index contributed by atoms with van der Waals surface area (Å²) in [4.78, 5) is 8.71. The second kappa shape index (κ2) is 7.19. The van der Waals surface area contributed by atoms with Gasteiger partial charge in [0.25, 0.3) is 0 Å². The highest BCUT2D eigenvalue weighted by atomic mass is 16.5. The zero-order chi connectivity index (χ0) is 13.5. The first-order chi connectivity index (χ1) is 8.51. The van der Waals surface area contributed by atoms with Gasteiger partial charge in [-0.2, -0.15) is 4.98 Å². The van der Waals surface area contributed by atoms with E-state index >= 15 is 0 Å². The summed E-state index contributed by atoms with van der Waals surface area (Å²) in [5, 5.41) is 3.19. The molecule has 1 aromatic heterocycles. The third kappa shape index (κ3) is 5.34. The lowest BCUT2D eigenvalue weighted by Gasteiger charge is -2.16. The van der Waals surface area contributed by atoms with Crippen molar-refractivity contribution in [3.63, 3.8) is 0 Å². The number of anilines is 1. The summed E-state index contributed by atoms with van der Waals surface area (Å²) >= 11 is 0. The van der Waals surface area contributed by atoms with Crippen LogP contribution in [0.1, 0.15) is 46.2 Å². The Bertz CT molecular complexity index is 366. The first kappa shape index (κ1) is 14.7. The van der Waals surface area contributed by atoms with E-state index in [0.717, 1.165) is 25.1 Å². The smallest absolute Gasteiger partial charge is 0.226 e. The van der Waals surface area contributed by atoms with E-state index < -0.39 is 0 Å². The van der Waals surface area contributed by atoms with Crippen molar-refractivity contribution >= 4 is 5.95 Å². The lowest BCUT2D eigenvalue weighted by atomic mass is 10.1. The van der Waals surface area contributed by atoms with Gasteiger partial charge in [0.05, 0.1) is 6.10 Å². The minimum Gasteiger partial charge on any atom is -0.475 e. The molecule has 0 aromatic carbocycles. The Balaban J connectivity index is 2.67. The molecule has 0 aliphatic heterocycles. The molecule has 1 atom stereocenters. The van der Waals surface area contributed by atoms with Gasteiger partial charge in [0.1, 0.15) is 0 Å². The van der Waals surface area contributed by atoms with Crippen LogP contribution in [0.4, 0.5) is 5.95 Å². The number of hydrogen-bond acceptors (Lipinski definition) is 4. The molecule has 1 heterocycles. The Kier molecular flexibility index (Phi) is 5.89. The second-order valence-electron chi connectivity index (χ2n) is 5.16. The fourth-order valence-electron chi connectivity index (χ4n) is 1.83. The van der Waals surface area contributed by atoms with Crippen LogP contribution in [0.5, 0.6) is 5.88 Å². The normalized spacial score (nSPS) is 12.6. The highest BCUT2D eigenvalue weighted by Gasteiger charge is 2.09. The highest BCUT2D eigenvalue weighted by Crippen LogP contribution is 2.16. The van der Waals surface area contributed by atoms with Crippen molar-refractivity contribution < 1.29 is 4.74 Å². The highest BCUT2D eigenvalue weighted by molar-refractivity contribution is 5.30. The van der Waals surface area contributed by atoms with Crippen molar-refractivity contribution in [3.8, 4) is 5.88 Å². The monoisotopic (exact) mass is 251 g/mol. The molecule has 0 saturated carbocycles. The van der Waals surface area contributed by atoms with Gasteiger partial charge in [0, 0.05) is 18.3 Å². The molecule has 18 heavy (non-hydrogen) atoms. The fourth-order valence-corrected chi connectivity index (χ4v) is 1.83.